The number of carbonyl (C=O) groups excluding carboxylic acids is 2. The van der Waals surface area contributed by atoms with E-state index in [9.17, 15) is 19.8 Å². The highest BCUT2D eigenvalue weighted by Crippen LogP contribution is 2.61. The SMILES string of the molecule is C=CCNC(=O)OC1CCC2(C)C(CC(=O)NCc3ccccc3)C(O)CCC2C1(C)CO. The first-order valence-electron chi connectivity index (χ1n) is 11.9. The molecule has 6 atom stereocenters. The van der Waals surface area contributed by atoms with E-state index in [4.69, 9.17) is 4.74 Å². The number of ether oxygens (including phenoxy) is 1. The van der Waals surface area contributed by atoms with Crippen LogP contribution in [0, 0.1) is 22.7 Å². The van der Waals surface area contributed by atoms with Crippen LogP contribution in [0.1, 0.15) is 51.5 Å². The quantitative estimate of drug-likeness (QED) is 0.448. The van der Waals surface area contributed by atoms with E-state index >= 15 is 0 Å². The van der Waals surface area contributed by atoms with E-state index in [1.165, 1.54) is 0 Å². The number of benzene rings is 1. The molecule has 1 aromatic rings. The molecule has 33 heavy (non-hydrogen) atoms. The van der Waals surface area contributed by atoms with Crippen molar-refractivity contribution in [3.8, 4) is 0 Å². The molecule has 0 aromatic heterocycles. The van der Waals surface area contributed by atoms with E-state index < -0.39 is 23.7 Å². The summed E-state index contributed by atoms with van der Waals surface area (Å²) in [6.07, 6.45) is 2.83. The maximum Gasteiger partial charge on any atom is 0.407 e. The molecule has 0 spiro atoms. The number of alkyl carbamates (subject to hydrolysis) is 1. The second kappa shape index (κ2) is 10.7. The largest absolute Gasteiger partial charge is 0.446 e. The van der Waals surface area contributed by atoms with Crippen LogP contribution in [-0.4, -0.2) is 47.6 Å². The maximum absolute atomic E-state index is 12.8. The number of aliphatic hydroxyl groups is 2. The monoisotopic (exact) mass is 458 g/mol. The van der Waals surface area contributed by atoms with Crippen LogP contribution in [-0.2, 0) is 16.1 Å². The fourth-order valence-corrected chi connectivity index (χ4v) is 6.17. The summed E-state index contributed by atoms with van der Waals surface area (Å²) in [7, 11) is 0. The van der Waals surface area contributed by atoms with Crippen molar-refractivity contribution in [1.82, 2.24) is 10.6 Å². The molecule has 7 heteroatoms. The minimum Gasteiger partial charge on any atom is -0.446 e. The first kappa shape index (κ1) is 25.2. The van der Waals surface area contributed by atoms with Gasteiger partial charge in [-0.05, 0) is 48.5 Å². The van der Waals surface area contributed by atoms with Gasteiger partial charge in [0.05, 0.1) is 12.7 Å². The van der Waals surface area contributed by atoms with E-state index in [-0.39, 0.29) is 36.2 Å². The highest BCUT2D eigenvalue weighted by molar-refractivity contribution is 5.76. The van der Waals surface area contributed by atoms with Crippen molar-refractivity contribution in [2.24, 2.45) is 22.7 Å². The molecular weight excluding hydrogens is 420 g/mol. The van der Waals surface area contributed by atoms with Gasteiger partial charge < -0.3 is 25.6 Å². The Bertz CT molecular complexity index is 831. The predicted octanol–water partition coefficient (Wildman–Crippen LogP) is 3.16. The lowest BCUT2D eigenvalue weighted by atomic mass is 9.46. The first-order valence-corrected chi connectivity index (χ1v) is 11.9. The average molecular weight is 459 g/mol. The molecule has 0 aliphatic heterocycles. The molecule has 6 unspecified atom stereocenters. The summed E-state index contributed by atoms with van der Waals surface area (Å²) in [4.78, 5) is 25.0. The Labute approximate surface area is 196 Å². The van der Waals surface area contributed by atoms with Crippen LogP contribution < -0.4 is 10.6 Å². The predicted molar refractivity (Wildman–Crippen MR) is 126 cm³/mol. The molecule has 3 rings (SSSR count). The van der Waals surface area contributed by atoms with Gasteiger partial charge >= 0.3 is 6.09 Å². The molecule has 2 amide bonds. The van der Waals surface area contributed by atoms with Gasteiger partial charge in [0.2, 0.25) is 5.91 Å². The number of aliphatic hydroxyl groups excluding tert-OH is 2. The number of hydrogen-bond donors (Lipinski definition) is 4. The van der Waals surface area contributed by atoms with Crippen molar-refractivity contribution in [3.63, 3.8) is 0 Å². The van der Waals surface area contributed by atoms with Gasteiger partial charge in [0.1, 0.15) is 6.10 Å². The summed E-state index contributed by atoms with van der Waals surface area (Å²) in [6, 6.07) is 9.74. The summed E-state index contributed by atoms with van der Waals surface area (Å²) in [5.74, 6) is -0.303. The molecule has 0 saturated heterocycles. The Hall–Kier alpha value is -2.38. The van der Waals surface area contributed by atoms with Crippen LogP contribution in [0.25, 0.3) is 0 Å². The highest BCUT2D eigenvalue weighted by atomic mass is 16.6. The summed E-state index contributed by atoms with van der Waals surface area (Å²) in [5, 5.41) is 27.0. The number of hydrogen-bond acceptors (Lipinski definition) is 5. The molecule has 0 radical (unpaired) electrons. The second-order valence-electron chi connectivity index (χ2n) is 10.0. The zero-order valence-electron chi connectivity index (χ0n) is 19.8. The van der Waals surface area contributed by atoms with Gasteiger partial charge in [-0.15, -0.1) is 6.58 Å². The van der Waals surface area contributed by atoms with E-state index in [0.29, 0.717) is 38.8 Å². The Balaban J connectivity index is 1.72. The number of carbonyl (C=O) groups is 2. The summed E-state index contributed by atoms with van der Waals surface area (Å²) < 4.78 is 5.73. The fourth-order valence-electron chi connectivity index (χ4n) is 6.17. The number of fused-ring (bicyclic) bond motifs is 1. The van der Waals surface area contributed by atoms with Crippen LogP contribution in [0.15, 0.2) is 43.0 Å². The van der Waals surface area contributed by atoms with Gasteiger partial charge in [0.25, 0.3) is 0 Å². The van der Waals surface area contributed by atoms with Crippen LogP contribution in [0.2, 0.25) is 0 Å². The molecule has 2 fully saturated rings. The third-order valence-electron chi connectivity index (χ3n) is 8.05. The molecule has 1 aromatic carbocycles. The molecule has 4 N–H and O–H groups in total. The summed E-state index contributed by atoms with van der Waals surface area (Å²) in [5.41, 5.74) is 0.0214. The zero-order chi connectivity index (χ0) is 24.1. The van der Waals surface area contributed by atoms with Crippen molar-refractivity contribution < 1.29 is 24.5 Å². The van der Waals surface area contributed by atoms with E-state index in [1.54, 1.807) is 6.08 Å². The maximum atomic E-state index is 12.8. The number of rotatable bonds is 8. The Morgan fingerprint density at radius 1 is 1.18 bits per heavy atom. The standard InChI is InChI=1S/C26H38N2O5/c1-4-14-27-24(32)33-22-12-13-25(2)19(20(30)10-11-21(25)26(22,3)17-29)15-23(31)28-16-18-8-6-5-7-9-18/h4-9,19-22,29-30H,1,10-17H2,2-3H3,(H,27,32)(H,28,31). The Kier molecular flexibility index (Phi) is 8.19. The van der Waals surface area contributed by atoms with E-state index in [1.807, 2.05) is 37.3 Å². The Morgan fingerprint density at radius 3 is 2.58 bits per heavy atom. The van der Waals surface area contributed by atoms with Crippen molar-refractivity contribution in [2.45, 2.75) is 64.7 Å². The van der Waals surface area contributed by atoms with Crippen LogP contribution in [0.5, 0.6) is 0 Å². The van der Waals surface area contributed by atoms with Gasteiger partial charge in [-0.25, -0.2) is 4.79 Å². The third-order valence-corrected chi connectivity index (χ3v) is 8.05. The smallest absolute Gasteiger partial charge is 0.407 e. The van der Waals surface area contributed by atoms with Gasteiger partial charge in [0.15, 0.2) is 0 Å². The van der Waals surface area contributed by atoms with Crippen LogP contribution in [0.4, 0.5) is 4.79 Å². The molecule has 2 saturated carbocycles. The van der Waals surface area contributed by atoms with Crippen molar-refractivity contribution in [1.29, 1.82) is 0 Å². The summed E-state index contributed by atoms with van der Waals surface area (Å²) in [6.45, 7) is 8.31. The molecular formula is C26H38N2O5. The minimum absolute atomic E-state index is 0.0104. The van der Waals surface area contributed by atoms with E-state index in [0.717, 1.165) is 5.56 Å². The third kappa shape index (κ3) is 5.41. The van der Waals surface area contributed by atoms with Crippen LogP contribution >= 0.6 is 0 Å². The fraction of sp³-hybridized carbons (Fsp3) is 0.615. The average Bonchev–Trinajstić information content (AvgIpc) is 2.81. The lowest BCUT2D eigenvalue weighted by Gasteiger charge is -2.60. The molecule has 2 aliphatic carbocycles. The zero-order valence-corrected chi connectivity index (χ0v) is 19.8. The van der Waals surface area contributed by atoms with Crippen LogP contribution in [0.3, 0.4) is 0 Å². The molecule has 2 aliphatic rings. The van der Waals surface area contributed by atoms with Gasteiger partial charge in [-0.3, -0.25) is 4.79 Å². The Morgan fingerprint density at radius 2 is 1.91 bits per heavy atom. The number of amides is 2. The van der Waals surface area contributed by atoms with Gasteiger partial charge in [-0.1, -0.05) is 50.3 Å². The second-order valence-corrected chi connectivity index (χ2v) is 10.0. The van der Waals surface area contributed by atoms with Crippen molar-refractivity contribution >= 4 is 12.0 Å². The van der Waals surface area contributed by atoms with Crippen molar-refractivity contribution in [2.75, 3.05) is 13.2 Å². The topological polar surface area (TPSA) is 108 Å². The normalized spacial score (nSPS) is 33.5. The molecule has 0 bridgehead atoms. The lowest BCUT2D eigenvalue weighted by molar-refractivity contribution is -0.185. The minimum atomic E-state index is -0.655. The number of nitrogens with one attached hydrogen (secondary N) is 2. The highest BCUT2D eigenvalue weighted by Gasteiger charge is 2.60. The summed E-state index contributed by atoms with van der Waals surface area (Å²) >= 11 is 0. The lowest BCUT2D eigenvalue weighted by Crippen LogP contribution is -2.61. The van der Waals surface area contributed by atoms with E-state index in [2.05, 4.69) is 24.1 Å². The van der Waals surface area contributed by atoms with Gasteiger partial charge in [-0.2, -0.15) is 0 Å². The molecule has 182 valence electrons. The van der Waals surface area contributed by atoms with Crippen molar-refractivity contribution in [3.05, 3.63) is 48.6 Å². The first-order chi connectivity index (χ1) is 15.7. The van der Waals surface area contributed by atoms with Gasteiger partial charge in [0, 0.05) is 24.9 Å². The molecule has 0 heterocycles. The molecule has 7 nitrogen and oxygen atoms in total.